The summed E-state index contributed by atoms with van der Waals surface area (Å²) < 4.78 is 7.34. The maximum atomic E-state index is 12.2. The number of benzene rings is 6. The van der Waals surface area contributed by atoms with E-state index in [2.05, 4.69) is 161 Å². The predicted octanol–water partition coefficient (Wildman–Crippen LogP) is 9.10. The zero-order valence-corrected chi connectivity index (χ0v) is 32.5. The van der Waals surface area contributed by atoms with Crippen LogP contribution in [0.2, 0.25) is 0 Å². The Kier molecular flexibility index (Phi) is 10.1. The quantitative estimate of drug-likeness (QED) is 0.159. The van der Waals surface area contributed by atoms with Gasteiger partial charge in [0.1, 0.15) is 17.6 Å². The number of aromatic hydroxyl groups is 1. The fourth-order valence-corrected chi connectivity index (χ4v) is 13.0. The van der Waals surface area contributed by atoms with E-state index in [1.807, 2.05) is 0 Å². The van der Waals surface area contributed by atoms with Gasteiger partial charge in [-0.15, -0.1) is 0 Å². The Morgan fingerprint density at radius 1 is 0.558 bits per heavy atom. The van der Waals surface area contributed by atoms with Crippen molar-refractivity contribution in [1.29, 1.82) is 0 Å². The number of hydrogen-bond donors (Lipinski definition) is 1. The van der Waals surface area contributed by atoms with E-state index in [1.165, 1.54) is 67.2 Å². The van der Waals surface area contributed by atoms with Crippen LogP contribution < -0.4 is 36.6 Å². The number of rotatable bonds is 8. The second-order valence-electron chi connectivity index (χ2n) is 15.0. The van der Waals surface area contributed by atoms with Crippen molar-refractivity contribution in [3.63, 3.8) is 0 Å². The summed E-state index contributed by atoms with van der Waals surface area (Å²) in [4.78, 5) is 0. The molecule has 2 aliphatic rings. The Hall–Kier alpha value is -4.22. The molecular weight excluding hydrogens is 670 g/mol. The SMILES string of the molecule is Cc1ccc(P(c2ccc(C)cc2)c2cccc(C[C@H]3CCCC4Cc5cccc(P(c6ccc(C)cc6)c6ccc(C)cc6)c5OC43)c2O)cc1. The molecule has 6 aromatic carbocycles. The van der Waals surface area contributed by atoms with Gasteiger partial charge in [0, 0.05) is 22.4 Å². The maximum absolute atomic E-state index is 12.2. The van der Waals surface area contributed by atoms with Crippen molar-refractivity contribution in [3.8, 4) is 11.5 Å². The minimum atomic E-state index is -0.921. The van der Waals surface area contributed by atoms with Gasteiger partial charge >= 0.3 is 0 Å². The lowest BCUT2D eigenvalue weighted by atomic mass is 9.72. The van der Waals surface area contributed by atoms with Crippen molar-refractivity contribution in [1.82, 2.24) is 0 Å². The molecule has 1 aliphatic carbocycles. The van der Waals surface area contributed by atoms with Crippen LogP contribution >= 0.6 is 15.8 Å². The molecule has 1 N–H and O–H groups in total. The van der Waals surface area contributed by atoms with Gasteiger partial charge in [-0.3, -0.25) is 0 Å². The van der Waals surface area contributed by atoms with E-state index in [1.54, 1.807) is 0 Å². The third-order valence-electron chi connectivity index (χ3n) is 11.1. The molecule has 2 nitrogen and oxygen atoms in total. The van der Waals surface area contributed by atoms with Crippen LogP contribution in [0.15, 0.2) is 133 Å². The molecule has 1 saturated carbocycles. The third kappa shape index (κ3) is 7.09. The first-order chi connectivity index (χ1) is 25.3. The summed E-state index contributed by atoms with van der Waals surface area (Å²) in [5, 5.41) is 19.7. The van der Waals surface area contributed by atoms with Gasteiger partial charge in [0.2, 0.25) is 0 Å². The molecule has 6 aromatic rings. The molecule has 0 aromatic heterocycles. The van der Waals surface area contributed by atoms with Crippen LogP contribution in [0.3, 0.4) is 0 Å². The molecule has 0 saturated heterocycles. The standard InChI is InChI=1S/C48H48O2P2/c1-32-14-22-40(23-15-32)51(41-24-16-33(2)17-25-41)44-12-6-8-36(46(44)49)30-37-9-5-10-38-31-39-11-7-13-45(48(39)50-47(37)38)52(42-26-18-34(3)19-27-42)43-28-20-35(4)21-29-43/h6-8,11-29,37-38,47,49H,5,9-10,30-31H2,1-4H3/t37-,38?,47?/m1/s1. The summed E-state index contributed by atoms with van der Waals surface area (Å²) in [5.41, 5.74) is 7.43. The third-order valence-corrected chi connectivity index (χ3v) is 16.1. The number of hydrogen-bond acceptors (Lipinski definition) is 2. The number of aryl methyl sites for hydroxylation is 4. The van der Waals surface area contributed by atoms with E-state index >= 15 is 0 Å². The van der Waals surface area contributed by atoms with Crippen LogP contribution in [0.4, 0.5) is 0 Å². The second kappa shape index (κ2) is 15.0. The van der Waals surface area contributed by atoms with Gasteiger partial charge in [0.25, 0.3) is 0 Å². The van der Waals surface area contributed by atoms with Gasteiger partial charge in [-0.25, -0.2) is 0 Å². The van der Waals surface area contributed by atoms with Crippen molar-refractivity contribution >= 4 is 47.7 Å². The van der Waals surface area contributed by atoms with E-state index in [9.17, 15) is 5.11 Å². The summed E-state index contributed by atoms with van der Waals surface area (Å²) in [7, 11) is -1.72. The highest BCUT2D eigenvalue weighted by molar-refractivity contribution is 7.80. The molecule has 1 aliphatic heterocycles. The summed E-state index contributed by atoms with van der Waals surface area (Å²) in [6.07, 6.45) is 5.48. The van der Waals surface area contributed by atoms with Crippen molar-refractivity contribution in [3.05, 3.63) is 167 Å². The molecule has 52 heavy (non-hydrogen) atoms. The molecule has 1 heterocycles. The van der Waals surface area contributed by atoms with Gasteiger partial charge in [-0.1, -0.05) is 162 Å². The molecule has 4 heteroatoms. The van der Waals surface area contributed by atoms with Crippen LogP contribution in [-0.4, -0.2) is 11.2 Å². The zero-order chi connectivity index (χ0) is 35.8. The van der Waals surface area contributed by atoms with E-state index in [0.29, 0.717) is 17.6 Å². The van der Waals surface area contributed by atoms with Crippen molar-refractivity contribution < 1.29 is 9.84 Å². The van der Waals surface area contributed by atoms with Crippen LogP contribution in [0.25, 0.3) is 0 Å². The van der Waals surface area contributed by atoms with Crippen molar-refractivity contribution in [2.45, 2.75) is 65.9 Å². The molecular formula is C48H48O2P2. The lowest BCUT2D eigenvalue weighted by Crippen LogP contribution is -2.44. The second-order valence-corrected chi connectivity index (χ2v) is 19.4. The van der Waals surface area contributed by atoms with Crippen molar-refractivity contribution in [2.75, 3.05) is 0 Å². The molecule has 1 fully saturated rings. The topological polar surface area (TPSA) is 29.5 Å². The fourth-order valence-electron chi connectivity index (χ4n) is 8.28. The normalized spacial score (nSPS) is 18.2. The molecule has 0 amide bonds. The minimum Gasteiger partial charge on any atom is -0.507 e. The fraction of sp³-hybridized carbons (Fsp3) is 0.250. The molecule has 2 unspecified atom stereocenters. The Morgan fingerprint density at radius 3 is 1.54 bits per heavy atom. The largest absolute Gasteiger partial charge is 0.507 e. The number of fused-ring (bicyclic) bond motifs is 2. The van der Waals surface area contributed by atoms with Gasteiger partial charge < -0.3 is 9.84 Å². The van der Waals surface area contributed by atoms with Crippen LogP contribution in [0, 0.1) is 39.5 Å². The first-order valence-corrected chi connectivity index (χ1v) is 21.5. The van der Waals surface area contributed by atoms with E-state index in [4.69, 9.17) is 4.74 Å². The number of ether oxygens (including phenoxy) is 1. The lowest BCUT2D eigenvalue weighted by molar-refractivity contribution is 0.0253. The number of phenols is 1. The first-order valence-electron chi connectivity index (χ1n) is 18.8. The average Bonchev–Trinajstić information content (AvgIpc) is 3.16. The van der Waals surface area contributed by atoms with E-state index in [-0.39, 0.29) is 6.10 Å². The summed E-state index contributed by atoms with van der Waals surface area (Å²) >= 11 is 0. The van der Waals surface area contributed by atoms with E-state index in [0.717, 1.165) is 35.9 Å². The maximum Gasteiger partial charge on any atom is 0.131 e. The molecule has 3 atom stereocenters. The highest BCUT2D eigenvalue weighted by Crippen LogP contribution is 2.46. The summed E-state index contributed by atoms with van der Waals surface area (Å²) in [6.45, 7) is 8.59. The lowest BCUT2D eigenvalue weighted by Gasteiger charge is -2.43. The Bertz CT molecular complexity index is 2060. The average molecular weight is 719 g/mol. The molecule has 0 spiro atoms. The number of para-hydroxylation sites is 2. The smallest absolute Gasteiger partial charge is 0.131 e. The number of phenolic OH excluding ortho intramolecular Hbond substituents is 1. The zero-order valence-electron chi connectivity index (χ0n) is 30.7. The van der Waals surface area contributed by atoms with Crippen LogP contribution in [-0.2, 0) is 12.8 Å². The van der Waals surface area contributed by atoms with E-state index < -0.39 is 15.8 Å². The van der Waals surface area contributed by atoms with Gasteiger partial charge in [-0.2, -0.15) is 0 Å². The molecule has 0 radical (unpaired) electrons. The van der Waals surface area contributed by atoms with Gasteiger partial charge in [0.05, 0.1) is 0 Å². The molecule has 262 valence electrons. The Morgan fingerprint density at radius 2 is 1.02 bits per heavy atom. The Labute approximate surface area is 312 Å². The van der Waals surface area contributed by atoms with Crippen LogP contribution in [0.1, 0.15) is 52.6 Å². The van der Waals surface area contributed by atoms with Crippen molar-refractivity contribution in [2.24, 2.45) is 11.8 Å². The highest BCUT2D eigenvalue weighted by Gasteiger charge is 2.40. The van der Waals surface area contributed by atoms with Gasteiger partial charge in [0.15, 0.2) is 0 Å². The summed E-state index contributed by atoms with van der Waals surface area (Å²) in [6, 6.07) is 49.3. The molecule has 0 bridgehead atoms. The predicted molar refractivity (Wildman–Crippen MR) is 224 cm³/mol. The summed E-state index contributed by atoms with van der Waals surface area (Å²) in [5.74, 6) is 2.37. The monoisotopic (exact) mass is 718 g/mol. The highest BCUT2D eigenvalue weighted by atomic mass is 31.1. The molecule has 8 rings (SSSR count). The minimum absolute atomic E-state index is 0.119. The first kappa shape index (κ1) is 34.8. The Balaban J connectivity index is 1.14. The van der Waals surface area contributed by atoms with Crippen LogP contribution in [0.5, 0.6) is 11.5 Å². The van der Waals surface area contributed by atoms with Gasteiger partial charge in [-0.05, 0) is 102 Å².